The molecule has 0 saturated carbocycles. The van der Waals surface area contributed by atoms with Gasteiger partial charge >= 0.3 is 11.9 Å². The first kappa shape index (κ1) is 18.2. The molecule has 1 aromatic carbocycles. The summed E-state index contributed by atoms with van der Waals surface area (Å²) in [4.78, 5) is 22.8. The van der Waals surface area contributed by atoms with Crippen LogP contribution >= 0.6 is 0 Å². The molecule has 0 spiro atoms. The Morgan fingerprint density at radius 1 is 0.864 bits per heavy atom. The Morgan fingerprint density at radius 3 is 2.09 bits per heavy atom. The predicted octanol–water partition coefficient (Wildman–Crippen LogP) is 4.55. The van der Waals surface area contributed by atoms with E-state index in [9.17, 15) is 19.8 Å². The van der Waals surface area contributed by atoms with Gasteiger partial charge in [0.05, 0.1) is 11.1 Å². The number of aromatic carboxylic acids is 2. The minimum Gasteiger partial charge on any atom is -0.478 e. The predicted molar refractivity (Wildman–Crippen MR) is 86.8 cm³/mol. The van der Waals surface area contributed by atoms with Gasteiger partial charge < -0.3 is 10.2 Å². The second-order valence-corrected chi connectivity index (χ2v) is 5.65. The fourth-order valence-corrected chi connectivity index (χ4v) is 2.80. The molecule has 0 saturated heterocycles. The average Bonchev–Trinajstić information content (AvgIpc) is 2.47. The molecule has 0 radical (unpaired) electrons. The zero-order valence-corrected chi connectivity index (χ0v) is 13.5. The number of aryl methyl sites for hydroxylation is 1. The lowest BCUT2D eigenvalue weighted by Gasteiger charge is -2.14. The molecule has 1 aromatic rings. The maximum absolute atomic E-state index is 11.5. The van der Waals surface area contributed by atoms with Crippen molar-refractivity contribution in [1.82, 2.24) is 0 Å². The molecule has 2 N–H and O–H groups in total. The third-order valence-electron chi connectivity index (χ3n) is 3.90. The van der Waals surface area contributed by atoms with E-state index >= 15 is 0 Å². The molecule has 0 aliphatic heterocycles. The molecular formula is C18H26O4. The summed E-state index contributed by atoms with van der Waals surface area (Å²) in [5.41, 5.74) is 1.55. The smallest absolute Gasteiger partial charge is 0.336 e. The molecule has 0 aromatic heterocycles. The Hall–Kier alpha value is -1.84. The molecule has 0 unspecified atom stereocenters. The fourth-order valence-electron chi connectivity index (χ4n) is 2.80. The van der Waals surface area contributed by atoms with Crippen LogP contribution in [-0.2, 0) is 12.8 Å². The normalized spacial score (nSPS) is 10.6. The highest BCUT2D eigenvalue weighted by atomic mass is 16.4. The van der Waals surface area contributed by atoms with Crippen LogP contribution in [0.2, 0.25) is 0 Å². The molecule has 0 aliphatic rings. The zero-order chi connectivity index (χ0) is 16.5. The van der Waals surface area contributed by atoms with Crippen LogP contribution < -0.4 is 0 Å². The number of hydrogen-bond acceptors (Lipinski definition) is 2. The van der Waals surface area contributed by atoms with Gasteiger partial charge in [-0.2, -0.15) is 0 Å². The molecule has 0 heterocycles. The van der Waals surface area contributed by atoms with Gasteiger partial charge in [-0.05, 0) is 36.5 Å². The van der Waals surface area contributed by atoms with E-state index in [0.29, 0.717) is 12.0 Å². The van der Waals surface area contributed by atoms with E-state index < -0.39 is 11.9 Å². The molecule has 4 heteroatoms. The van der Waals surface area contributed by atoms with Crippen LogP contribution in [0.25, 0.3) is 0 Å². The summed E-state index contributed by atoms with van der Waals surface area (Å²) in [6, 6.07) is 3.23. The van der Waals surface area contributed by atoms with Gasteiger partial charge in [0.25, 0.3) is 0 Å². The van der Waals surface area contributed by atoms with E-state index in [2.05, 4.69) is 6.92 Å². The first-order chi connectivity index (χ1) is 10.5. The second kappa shape index (κ2) is 9.23. The lowest BCUT2D eigenvalue weighted by atomic mass is 9.90. The van der Waals surface area contributed by atoms with Gasteiger partial charge in [-0.15, -0.1) is 0 Å². The van der Waals surface area contributed by atoms with Crippen LogP contribution in [0.3, 0.4) is 0 Å². The highest BCUT2D eigenvalue weighted by molar-refractivity contribution is 6.03. The second-order valence-electron chi connectivity index (χ2n) is 5.65. The van der Waals surface area contributed by atoms with Crippen LogP contribution in [0.1, 0.15) is 84.2 Å². The van der Waals surface area contributed by atoms with Crippen molar-refractivity contribution in [2.75, 3.05) is 0 Å². The zero-order valence-electron chi connectivity index (χ0n) is 13.5. The fraction of sp³-hybridized carbons (Fsp3) is 0.556. The number of carbonyl (C=O) groups is 2. The molecule has 0 amide bonds. The monoisotopic (exact) mass is 306 g/mol. The van der Waals surface area contributed by atoms with Crippen molar-refractivity contribution in [3.63, 3.8) is 0 Å². The van der Waals surface area contributed by atoms with Crippen molar-refractivity contribution >= 4 is 11.9 Å². The van der Waals surface area contributed by atoms with Gasteiger partial charge in [0, 0.05) is 0 Å². The Kier molecular flexibility index (Phi) is 7.64. The largest absolute Gasteiger partial charge is 0.478 e. The van der Waals surface area contributed by atoms with Gasteiger partial charge in [0.1, 0.15) is 0 Å². The van der Waals surface area contributed by atoms with E-state index in [1.807, 2.05) is 6.92 Å². The van der Waals surface area contributed by atoms with Crippen LogP contribution in [0.5, 0.6) is 0 Å². The molecule has 0 fully saturated rings. The van der Waals surface area contributed by atoms with Crippen molar-refractivity contribution in [3.8, 4) is 0 Å². The number of carboxylic acid groups (broad SMARTS) is 2. The first-order valence-corrected chi connectivity index (χ1v) is 8.14. The standard InChI is InChI=1S/C18H26O4/c1-3-5-6-7-8-10-13-11-12-15(17(19)20)16(18(21)22)14(13)9-4-2/h11-12H,3-10H2,1-2H3,(H,19,20)(H,21,22). The van der Waals surface area contributed by atoms with Crippen molar-refractivity contribution in [1.29, 1.82) is 0 Å². The van der Waals surface area contributed by atoms with Crippen LogP contribution in [-0.4, -0.2) is 22.2 Å². The van der Waals surface area contributed by atoms with E-state index in [1.54, 1.807) is 6.07 Å². The SMILES string of the molecule is CCCCCCCc1ccc(C(=O)O)c(C(=O)O)c1CCC. The number of unbranched alkanes of at least 4 members (excludes halogenated alkanes) is 4. The van der Waals surface area contributed by atoms with Gasteiger partial charge in [-0.25, -0.2) is 9.59 Å². The summed E-state index contributed by atoms with van der Waals surface area (Å²) < 4.78 is 0. The number of hydrogen-bond donors (Lipinski definition) is 2. The Labute approximate surface area is 132 Å². The lowest BCUT2D eigenvalue weighted by Crippen LogP contribution is -2.14. The summed E-state index contributed by atoms with van der Waals surface area (Å²) in [5, 5.41) is 18.6. The van der Waals surface area contributed by atoms with Crippen LogP contribution in [0, 0.1) is 0 Å². The summed E-state index contributed by atoms with van der Waals surface area (Å²) in [6.07, 6.45) is 7.97. The van der Waals surface area contributed by atoms with Gasteiger partial charge in [-0.1, -0.05) is 52.0 Å². The minimum absolute atomic E-state index is 0.0274. The molecule has 0 aliphatic carbocycles. The molecule has 1 rings (SSSR count). The third-order valence-corrected chi connectivity index (χ3v) is 3.90. The molecule has 22 heavy (non-hydrogen) atoms. The van der Waals surface area contributed by atoms with E-state index in [1.165, 1.54) is 25.3 Å². The van der Waals surface area contributed by atoms with Crippen molar-refractivity contribution in [2.45, 2.75) is 65.2 Å². The van der Waals surface area contributed by atoms with Gasteiger partial charge in [-0.3, -0.25) is 0 Å². The summed E-state index contributed by atoms with van der Waals surface area (Å²) in [5.74, 6) is -2.32. The van der Waals surface area contributed by atoms with Gasteiger partial charge in [0.15, 0.2) is 0 Å². The van der Waals surface area contributed by atoms with Crippen molar-refractivity contribution in [2.24, 2.45) is 0 Å². The first-order valence-electron chi connectivity index (χ1n) is 8.14. The molecule has 0 bridgehead atoms. The molecule has 4 nitrogen and oxygen atoms in total. The number of benzene rings is 1. The Morgan fingerprint density at radius 2 is 1.55 bits per heavy atom. The van der Waals surface area contributed by atoms with Crippen LogP contribution in [0.15, 0.2) is 12.1 Å². The van der Waals surface area contributed by atoms with E-state index in [-0.39, 0.29) is 11.1 Å². The minimum atomic E-state index is -1.18. The highest BCUT2D eigenvalue weighted by Gasteiger charge is 2.22. The van der Waals surface area contributed by atoms with Gasteiger partial charge in [0.2, 0.25) is 0 Å². The highest BCUT2D eigenvalue weighted by Crippen LogP contribution is 2.24. The number of carboxylic acids is 2. The molecule has 122 valence electrons. The third kappa shape index (κ3) is 4.86. The van der Waals surface area contributed by atoms with E-state index in [4.69, 9.17) is 0 Å². The average molecular weight is 306 g/mol. The lowest BCUT2D eigenvalue weighted by molar-refractivity contribution is 0.0650. The quantitative estimate of drug-likeness (QED) is 0.622. The summed E-state index contributed by atoms with van der Waals surface area (Å²) in [6.45, 7) is 4.15. The Balaban J connectivity index is 3.03. The van der Waals surface area contributed by atoms with Crippen LogP contribution in [0.4, 0.5) is 0 Å². The van der Waals surface area contributed by atoms with E-state index in [0.717, 1.165) is 31.2 Å². The maximum atomic E-state index is 11.5. The van der Waals surface area contributed by atoms with Crippen molar-refractivity contribution < 1.29 is 19.8 Å². The number of rotatable bonds is 10. The molecule has 0 atom stereocenters. The molecular weight excluding hydrogens is 280 g/mol. The van der Waals surface area contributed by atoms with Crippen molar-refractivity contribution in [3.05, 3.63) is 34.4 Å². The summed E-state index contributed by atoms with van der Waals surface area (Å²) >= 11 is 0. The Bertz CT molecular complexity index is 520. The topological polar surface area (TPSA) is 74.6 Å². The maximum Gasteiger partial charge on any atom is 0.336 e. The summed E-state index contributed by atoms with van der Waals surface area (Å²) in [7, 11) is 0.